The molecule has 1 aliphatic rings. The molecule has 0 spiro atoms. The molecule has 1 aromatic rings. The molecule has 2 unspecified atom stereocenters. The van der Waals surface area contributed by atoms with Gasteiger partial charge in [-0.15, -0.1) is 0 Å². The third-order valence-corrected chi connectivity index (χ3v) is 3.58. The monoisotopic (exact) mass is 195 g/mol. The van der Waals surface area contributed by atoms with Crippen molar-refractivity contribution < 1.29 is 0 Å². The molecule has 2 rings (SSSR count). The molecule has 72 valence electrons. The van der Waals surface area contributed by atoms with Crippen molar-refractivity contribution in [2.24, 2.45) is 5.92 Å². The number of rotatable bonds is 5. The van der Waals surface area contributed by atoms with E-state index in [0.29, 0.717) is 0 Å². The van der Waals surface area contributed by atoms with Crippen LogP contribution < -0.4 is 5.32 Å². The van der Waals surface area contributed by atoms with Crippen molar-refractivity contribution in [2.45, 2.75) is 32.2 Å². The molecule has 1 fully saturated rings. The summed E-state index contributed by atoms with van der Waals surface area (Å²) in [7, 11) is 0. The lowest BCUT2D eigenvalue weighted by atomic mass is 10.2. The van der Waals surface area contributed by atoms with Crippen LogP contribution in [0.2, 0.25) is 0 Å². The van der Waals surface area contributed by atoms with Crippen LogP contribution in [0.15, 0.2) is 16.8 Å². The lowest BCUT2D eigenvalue weighted by molar-refractivity contribution is 0.623. The summed E-state index contributed by atoms with van der Waals surface area (Å²) in [6, 6.07) is 3.06. The van der Waals surface area contributed by atoms with E-state index >= 15 is 0 Å². The number of hydrogen-bond acceptors (Lipinski definition) is 2. The van der Waals surface area contributed by atoms with E-state index in [0.717, 1.165) is 18.5 Å². The lowest BCUT2D eigenvalue weighted by Crippen LogP contribution is -2.20. The van der Waals surface area contributed by atoms with Gasteiger partial charge in [-0.25, -0.2) is 0 Å². The molecule has 0 bridgehead atoms. The first kappa shape index (κ1) is 9.22. The highest BCUT2D eigenvalue weighted by molar-refractivity contribution is 7.07. The Morgan fingerprint density at radius 2 is 2.54 bits per heavy atom. The Balaban J connectivity index is 1.60. The average Bonchev–Trinajstić information content (AvgIpc) is 2.69. The molecule has 0 aromatic carbocycles. The van der Waals surface area contributed by atoms with Gasteiger partial charge >= 0.3 is 0 Å². The fourth-order valence-corrected chi connectivity index (χ4v) is 2.49. The standard InChI is InChI=1S/C11H17NS/c1-2-10-7-11(10)12-5-3-9-4-6-13-8-9/h4,6,8,10-12H,2-3,5,7H2,1H3. The van der Waals surface area contributed by atoms with Crippen molar-refractivity contribution in [1.82, 2.24) is 5.32 Å². The summed E-state index contributed by atoms with van der Waals surface area (Å²) in [5.41, 5.74) is 1.48. The normalized spacial score (nSPS) is 26.2. The Labute approximate surface area is 84.2 Å². The van der Waals surface area contributed by atoms with Crippen LogP contribution in [0.3, 0.4) is 0 Å². The molecule has 2 heteroatoms. The van der Waals surface area contributed by atoms with Gasteiger partial charge in [0.15, 0.2) is 0 Å². The number of hydrogen-bond donors (Lipinski definition) is 1. The van der Waals surface area contributed by atoms with Crippen LogP contribution in [0.4, 0.5) is 0 Å². The van der Waals surface area contributed by atoms with Gasteiger partial charge in [-0.1, -0.05) is 13.3 Å². The minimum Gasteiger partial charge on any atom is -0.313 e. The largest absolute Gasteiger partial charge is 0.313 e. The van der Waals surface area contributed by atoms with Gasteiger partial charge < -0.3 is 5.32 Å². The minimum absolute atomic E-state index is 0.837. The molecule has 1 aliphatic carbocycles. The summed E-state index contributed by atoms with van der Waals surface area (Å²) in [5.74, 6) is 0.975. The van der Waals surface area contributed by atoms with Crippen LogP contribution in [0.1, 0.15) is 25.3 Å². The van der Waals surface area contributed by atoms with Crippen LogP contribution in [-0.2, 0) is 6.42 Å². The summed E-state index contributed by atoms with van der Waals surface area (Å²) in [4.78, 5) is 0. The highest BCUT2D eigenvalue weighted by Gasteiger charge is 2.34. The molecule has 0 radical (unpaired) electrons. The van der Waals surface area contributed by atoms with E-state index in [4.69, 9.17) is 0 Å². The second-order valence-corrected chi connectivity index (χ2v) is 4.63. The van der Waals surface area contributed by atoms with Gasteiger partial charge in [0.2, 0.25) is 0 Å². The zero-order valence-electron chi connectivity index (χ0n) is 8.12. The quantitative estimate of drug-likeness (QED) is 0.761. The number of nitrogens with one attached hydrogen (secondary N) is 1. The first-order valence-electron chi connectivity index (χ1n) is 5.14. The maximum Gasteiger partial charge on any atom is 0.00991 e. The summed E-state index contributed by atoms with van der Waals surface area (Å²) >= 11 is 1.79. The maximum atomic E-state index is 3.60. The lowest BCUT2D eigenvalue weighted by Gasteiger charge is -2.01. The van der Waals surface area contributed by atoms with Crippen molar-refractivity contribution in [2.75, 3.05) is 6.54 Å². The van der Waals surface area contributed by atoms with Gasteiger partial charge in [0.25, 0.3) is 0 Å². The zero-order chi connectivity index (χ0) is 9.10. The predicted molar refractivity (Wildman–Crippen MR) is 58.2 cm³/mol. The van der Waals surface area contributed by atoms with Gasteiger partial charge in [0, 0.05) is 6.04 Å². The van der Waals surface area contributed by atoms with E-state index in [2.05, 4.69) is 29.1 Å². The molecule has 0 saturated heterocycles. The van der Waals surface area contributed by atoms with Gasteiger partial charge in [0.05, 0.1) is 0 Å². The minimum atomic E-state index is 0.837. The fourth-order valence-electron chi connectivity index (χ4n) is 1.79. The van der Waals surface area contributed by atoms with Gasteiger partial charge in [-0.2, -0.15) is 11.3 Å². The van der Waals surface area contributed by atoms with Crippen molar-refractivity contribution in [3.05, 3.63) is 22.4 Å². The molecule has 1 aromatic heterocycles. The Kier molecular flexibility index (Phi) is 3.01. The van der Waals surface area contributed by atoms with Gasteiger partial charge in [-0.3, -0.25) is 0 Å². The first-order chi connectivity index (χ1) is 6.40. The van der Waals surface area contributed by atoms with Crippen LogP contribution in [0, 0.1) is 5.92 Å². The molecule has 13 heavy (non-hydrogen) atoms. The number of thiophene rings is 1. The fraction of sp³-hybridized carbons (Fsp3) is 0.636. The predicted octanol–water partition coefficient (Wildman–Crippen LogP) is 2.68. The van der Waals surface area contributed by atoms with Crippen LogP contribution >= 0.6 is 11.3 Å². The third kappa shape index (κ3) is 2.55. The second kappa shape index (κ2) is 4.25. The second-order valence-electron chi connectivity index (χ2n) is 3.85. The SMILES string of the molecule is CCC1CC1NCCc1ccsc1. The van der Waals surface area contributed by atoms with E-state index in [1.165, 1.54) is 24.8 Å². The van der Waals surface area contributed by atoms with E-state index in [9.17, 15) is 0 Å². The highest BCUT2D eigenvalue weighted by Crippen LogP contribution is 2.32. The van der Waals surface area contributed by atoms with E-state index in [1.807, 2.05) is 0 Å². The Hall–Kier alpha value is -0.340. The molecule has 0 amide bonds. The molecule has 1 nitrogen and oxygen atoms in total. The van der Waals surface area contributed by atoms with E-state index < -0.39 is 0 Å². The van der Waals surface area contributed by atoms with Crippen LogP contribution in [0.25, 0.3) is 0 Å². The Morgan fingerprint density at radius 3 is 3.15 bits per heavy atom. The summed E-state index contributed by atoms with van der Waals surface area (Å²) in [6.45, 7) is 3.43. The van der Waals surface area contributed by atoms with Crippen molar-refractivity contribution in [1.29, 1.82) is 0 Å². The molecule has 2 atom stereocenters. The first-order valence-corrected chi connectivity index (χ1v) is 6.09. The molecule has 1 saturated carbocycles. The molecule has 1 N–H and O–H groups in total. The van der Waals surface area contributed by atoms with E-state index in [1.54, 1.807) is 11.3 Å². The van der Waals surface area contributed by atoms with Crippen molar-refractivity contribution in [3.8, 4) is 0 Å². The Morgan fingerprint density at radius 1 is 1.62 bits per heavy atom. The topological polar surface area (TPSA) is 12.0 Å². The third-order valence-electron chi connectivity index (χ3n) is 2.85. The molecule has 0 aliphatic heterocycles. The Bertz CT molecular complexity index is 243. The van der Waals surface area contributed by atoms with E-state index in [-0.39, 0.29) is 0 Å². The van der Waals surface area contributed by atoms with Gasteiger partial charge in [0.1, 0.15) is 0 Å². The smallest absolute Gasteiger partial charge is 0.00991 e. The van der Waals surface area contributed by atoms with Crippen molar-refractivity contribution in [3.63, 3.8) is 0 Å². The summed E-state index contributed by atoms with van der Waals surface area (Å²) in [6.07, 6.45) is 3.94. The van der Waals surface area contributed by atoms with Gasteiger partial charge in [-0.05, 0) is 47.7 Å². The highest BCUT2D eigenvalue weighted by atomic mass is 32.1. The van der Waals surface area contributed by atoms with Crippen LogP contribution in [-0.4, -0.2) is 12.6 Å². The van der Waals surface area contributed by atoms with Crippen molar-refractivity contribution >= 4 is 11.3 Å². The average molecular weight is 195 g/mol. The maximum absolute atomic E-state index is 3.60. The summed E-state index contributed by atoms with van der Waals surface area (Å²) < 4.78 is 0. The molecular weight excluding hydrogens is 178 g/mol. The molecule has 1 heterocycles. The molecular formula is C11H17NS. The van der Waals surface area contributed by atoms with Crippen LogP contribution in [0.5, 0.6) is 0 Å². The summed E-state index contributed by atoms with van der Waals surface area (Å²) in [5, 5.41) is 8.00. The zero-order valence-corrected chi connectivity index (χ0v) is 8.94.